The first-order valence-corrected chi connectivity index (χ1v) is 21.9. The van der Waals surface area contributed by atoms with E-state index in [1.807, 2.05) is 6.07 Å². The van der Waals surface area contributed by atoms with Gasteiger partial charge in [0.25, 0.3) is 0 Å². The summed E-state index contributed by atoms with van der Waals surface area (Å²) in [7, 11) is 0. The molecule has 0 saturated heterocycles. The summed E-state index contributed by atoms with van der Waals surface area (Å²) >= 11 is 0. The van der Waals surface area contributed by atoms with E-state index in [1.165, 1.54) is 66.5 Å². The van der Waals surface area contributed by atoms with E-state index in [4.69, 9.17) is 9.47 Å². The van der Waals surface area contributed by atoms with E-state index in [0.29, 0.717) is 23.0 Å². The predicted octanol–water partition coefficient (Wildman–Crippen LogP) is 15.1. The minimum Gasteiger partial charge on any atom is -0.450 e. The first kappa shape index (κ1) is 37.5. The van der Waals surface area contributed by atoms with Crippen molar-refractivity contribution in [2.75, 3.05) is 0 Å². The number of ether oxygens (including phenoxy) is 2. The molecule has 0 saturated carbocycles. The maximum Gasteiger partial charge on any atom is 0.170 e. The van der Waals surface area contributed by atoms with E-state index in [2.05, 4.69) is 243 Å². The summed E-state index contributed by atoms with van der Waals surface area (Å²) < 4.78 is 13.5. The topological polar surface area (TPSA) is 22.9 Å². The lowest BCUT2D eigenvalue weighted by Crippen LogP contribution is -2.96. The third-order valence-corrected chi connectivity index (χ3v) is 13.0. The van der Waals surface area contributed by atoms with Crippen LogP contribution in [0, 0.1) is 0 Å². The highest BCUT2D eigenvalue weighted by atomic mass is 16.6. The Balaban J connectivity index is 0.884. The third kappa shape index (κ3) is 6.25. The van der Waals surface area contributed by atoms with Crippen molar-refractivity contribution in [1.29, 1.82) is 0 Å². The van der Waals surface area contributed by atoms with Crippen molar-refractivity contribution in [3.63, 3.8) is 0 Å². The van der Waals surface area contributed by atoms with E-state index in [9.17, 15) is 0 Å². The Bertz CT molecular complexity index is 3270. The Hall–Kier alpha value is -8.24. The normalized spacial score (nSPS) is 13.3. The summed E-state index contributed by atoms with van der Waals surface area (Å²) in [6, 6.07) is 88.9. The van der Waals surface area contributed by atoms with Crippen molar-refractivity contribution < 1.29 is 14.4 Å². The molecule has 10 aromatic rings. The average Bonchev–Trinajstić information content (AvgIpc) is 3.66. The van der Waals surface area contributed by atoms with Crippen LogP contribution in [0.15, 0.2) is 249 Å². The molecular formula is C61H42NO2+. The number of hydrogen-bond acceptors (Lipinski definition) is 2. The zero-order chi connectivity index (χ0) is 42.5. The summed E-state index contributed by atoms with van der Waals surface area (Å²) in [6.07, 6.45) is 0. The van der Waals surface area contributed by atoms with Gasteiger partial charge >= 0.3 is 0 Å². The molecule has 1 heterocycles. The Morgan fingerprint density at radius 1 is 0.281 bits per heavy atom. The maximum absolute atomic E-state index is 6.79. The molecule has 3 nitrogen and oxygen atoms in total. The second-order valence-corrected chi connectivity index (χ2v) is 16.5. The Kier molecular flexibility index (Phi) is 9.14. The van der Waals surface area contributed by atoms with Gasteiger partial charge in [0.2, 0.25) is 0 Å². The molecule has 3 heteroatoms. The van der Waals surface area contributed by atoms with Gasteiger partial charge in [0.05, 0.1) is 5.41 Å². The first-order chi connectivity index (χ1) is 31.7. The maximum atomic E-state index is 6.79. The minimum atomic E-state index is -0.516. The van der Waals surface area contributed by atoms with Gasteiger partial charge in [-0.2, -0.15) is 0 Å². The Morgan fingerprint density at radius 3 is 1.52 bits per heavy atom. The fraction of sp³-hybridized carbons (Fsp3) is 0.0164. The highest BCUT2D eigenvalue weighted by Crippen LogP contribution is 2.59. The molecule has 64 heavy (non-hydrogen) atoms. The number of rotatable bonds is 8. The van der Waals surface area contributed by atoms with Gasteiger partial charge < -0.3 is 9.47 Å². The van der Waals surface area contributed by atoms with Crippen molar-refractivity contribution in [1.82, 2.24) is 0 Å². The lowest BCUT2D eigenvalue weighted by Gasteiger charge is -2.34. The molecule has 0 aromatic heterocycles. The molecule has 12 rings (SSSR count). The van der Waals surface area contributed by atoms with Gasteiger partial charge in [-0.25, -0.2) is 4.90 Å². The summed E-state index contributed by atoms with van der Waals surface area (Å²) in [5.74, 6) is 2.82. The molecule has 302 valence electrons. The standard InChI is InChI=1S/C61H41NO2/c1-5-18-42(19-6-1)45-20-17-27-50(38-45)62(49-25-11-4-12-26-49)56-31-16-14-28-51(56)44-34-32-43(33-35-44)46-36-37-57-58(39-46)64-59-40-53-52-29-13-15-30-54(52)61(47-21-7-2-8-22-47,48-23-9-3-10-24-48)55(53)41-60(59)63-57/h1-41H/p+1. The van der Waals surface area contributed by atoms with Crippen molar-refractivity contribution in [2.45, 2.75) is 5.41 Å². The van der Waals surface area contributed by atoms with Crippen LogP contribution in [0.4, 0.5) is 17.1 Å². The number of nitrogens with one attached hydrogen (secondary N) is 1. The van der Waals surface area contributed by atoms with Gasteiger partial charge in [-0.1, -0.05) is 188 Å². The predicted molar refractivity (Wildman–Crippen MR) is 259 cm³/mol. The molecule has 0 amide bonds. The zero-order valence-electron chi connectivity index (χ0n) is 35.0. The number of benzene rings is 10. The van der Waals surface area contributed by atoms with E-state index in [1.54, 1.807) is 0 Å². The van der Waals surface area contributed by atoms with Crippen LogP contribution < -0.4 is 14.4 Å². The van der Waals surface area contributed by atoms with Gasteiger partial charge in [-0.15, -0.1) is 0 Å². The monoisotopic (exact) mass is 820 g/mol. The van der Waals surface area contributed by atoms with E-state index < -0.39 is 5.41 Å². The van der Waals surface area contributed by atoms with Crippen molar-refractivity contribution in [3.8, 4) is 67.5 Å². The van der Waals surface area contributed by atoms with Gasteiger partial charge in [-0.3, -0.25) is 0 Å². The van der Waals surface area contributed by atoms with Gasteiger partial charge in [0.15, 0.2) is 23.0 Å². The smallest absolute Gasteiger partial charge is 0.170 e. The minimum absolute atomic E-state index is 0.516. The summed E-state index contributed by atoms with van der Waals surface area (Å²) in [5, 5.41) is 0. The van der Waals surface area contributed by atoms with Gasteiger partial charge in [0.1, 0.15) is 17.1 Å². The summed E-state index contributed by atoms with van der Waals surface area (Å²) in [6.45, 7) is 0. The number of fused-ring (bicyclic) bond motifs is 5. The molecule has 1 aliphatic carbocycles. The van der Waals surface area contributed by atoms with Crippen LogP contribution in [0.5, 0.6) is 23.0 Å². The fourth-order valence-electron chi connectivity index (χ4n) is 10.1. The van der Waals surface area contributed by atoms with Crippen molar-refractivity contribution >= 4 is 17.1 Å². The van der Waals surface area contributed by atoms with E-state index in [0.717, 1.165) is 22.3 Å². The SMILES string of the molecule is c1ccc(-c2cccc([NH+](c3ccccc3)c3ccccc3-c3ccc(-c4ccc5c(c4)Oc4cc6c(cc4O5)C(c4ccccc4)(c4ccccc4)c4ccccc4-6)cc3)c2)cc1. The average molecular weight is 821 g/mol. The Labute approximate surface area is 373 Å². The first-order valence-electron chi connectivity index (χ1n) is 21.9. The number of para-hydroxylation sites is 2. The van der Waals surface area contributed by atoms with Crippen LogP contribution in [0.3, 0.4) is 0 Å². The van der Waals surface area contributed by atoms with Gasteiger partial charge in [0, 0.05) is 17.7 Å². The lowest BCUT2D eigenvalue weighted by atomic mass is 9.67. The van der Waals surface area contributed by atoms with Crippen molar-refractivity contribution in [3.05, 3.63) is 271 Å². The highest BCUT2D eigenvalue weighted by molar-refractivity contribution is 5.88. The number of hydrogen-bond donors (Lipinski definition) is 1. The molecule has 1 atom stereocenters. The van der Waals surface area contributed by atoms with Crippen LogP contribution in [0.25, 0.3) is 44.5 Å². The van der Waals surface area contributed by atoms with Crippen LogP contribution in [-0.2, 0) is 5.41 Å². The van der Waals surface area contributed by atoms with Crippen LogP contribution >= 0.6 is 0 Å². The molecule has 2 aliphatic rings. The number of quaternary nitrogens is 1. The van der Waals surface area contributed by atoms with Crippen LogP contribution in [0.1, 0.15) is 22.3 Å². The molecule has 10 aromatic carbocycles. The molecule has 0 fully saturated rings. The Morgan fingerprint density at radius 2 is 0.781 bits per heavy atom. The third-order valence-electron chi connectivity index (χ3n) is 13.0. The second kappa shape index (κ2) is 15.6. The molecule has 0 spiro atoms. The van der Waals surface area contributed by atoms with E-state index >= 15 is 0 Å². The summed E-state index contributed by atoms with van der Waals surface area (Å²) in [5.41, 5.74) is 17.1. The molecule has 0 radical (unpaired) electrons. The summed E-state index contributed by atoms with van der Waals surface area (Å²) in [4.78, 5) is 1.20. The molecule has 1 aliphatic heterocycles. The molecule has 0 bridgehead atoms. The zero-order valence-corrected chi connectivity index (χ0v) is 35.0. The highest BCUT2D eigenvalue weighted by Gasteiger charge is 2.47. The van der Waals surface area contributed by atoms with Gasteiger partial charge in [-0.05, 0) is 110 Å². The van der Waals surface area contributed by atoms with Crippen molar-refractivity contribution in [2.24, 2.45) is 0 Å². The van der Waals surface area contributed by atoms with E-state index in [-0.39, 0.29) is 0 Å². The largest absolute Gasteiger partial charge is 0.450 e. The molecule has 1 N–H and O–H groups in total. The van der Waals surface area contributed by atoms with Crippen LogP contribution in [-0.4, -0.2) is 0 Å². The quantitative estimate of drug-likeness (QED) is 0.165. The molecular weight excluding hydrogens is 779 g/mol. The van der Waals surface area contributed by atoms with Crippen LogP contribution in [0.2, 0.25) is 0 Å². The lowest BCUT2D eigenvalue weighted by molar-refractivity contribution is -0.680. The second-order valence-electron chi connectivity index (χ2n) is 16.5. The fourth-order valence-corrected chi connectivity index (χ4v) is 10.1. The molecule has 1 unspecified atom stereocenters.